The number of nitrogens with one attached hydrogen (secondary N) is 1. The van der Waals surface area contributed by atoms with Crippen LogP contribution in [-0.2, 0) is 27.7 Å². The third kappa shape index (κ3) is 4.73. The van der Waals surface area contributed by atoms with Crippen LogP contribution in [0.3, 0.4) is 0 Å². The van der Waals surface area contributed by atoms with Gasteiger partial charge in [-0.2, -0.15) is 4.31 Å². The summed E-state index contributed by atoms with van der Waals surface area (Å²) < 4.78 is 25.3. The maximum Gasteiger partial charge on any atom is 0.251 e. The van der Waals surface area contributed by atoms with Gasteiger partial charge in [0.25, 0.3) is 5.91 Å². The summed E-state index contributed by atoms with van der Waals surface area (Å²) in [6, 6.07) is 0. The number of fused-ring (bicyclic) bond motifs is 1. The highest BCUT2D eigenvalue weighted by atomic mass is 32.2. The van der Waals surface area contributed by atoms with Crippen LogP contribution in [0.4, 0.5) is 5.00 Å². The van der Waals surface area contributed by atoms with Gasteiger partial charge in [0, 0.05) is 44.0 Å². The second-order valence-electron chi connectivity index (χ2n) is 7.22. The number of rotatable bonds is 7. The SMILES string of the molecule is CCS(=O)(=O)N1CCN(CCC(=O)Nc2sc3c(c2C(N)=O)CCCC3)CC1. The summed E-state index contributed by atoms with van der Waals surface area (Å²) in [5, 5.41) is 3.45. The summed E-state index contributed by atoms with van der Waals surface area (Å²) in [5.74, 6) is -0.518. The van der Waals surface area contributed by atoms with Gasteiger partial charge in [-0.3, -0.25) is 9.59 Å². The van der Waals surface area contributed by atoms with Crippen molar-refractivity contribution in [3.05, 3.63) is 16.0 Å². The average molecular weight is 429 g/mol. The number of primary amides is 1. The van der Waals surface area contributed by atoms with Crippen molar-refractivity contribution in [2.24, 2.45) is 5.73 Å². The fourth-order valence-corrected chi connectivity index (χ4v) is 6.17. The largest absolute Gasteiger partial charge is 0.365 e. The molecule has 1 aliphatic carbocycles. The highest BCUT2D eigenvalue weighted by molar-refractivity contribution is 7.89. The number of aryl methyl sites for hydroxylation is 1. The number of hydrogen-bond acceptors (Lipinski definition) is 6. The number of carbonyl (C=O) groups is 2. The number of thiophene rings is 1. The van der Waals surface area contributed by atoms with E-state index in [1.54, 1.807) is 6.92 Å². The number of hydrogen-bond donors (Lipinski definition) is 2. The van der Waals surface area contributed by atoms with Crippen molar-refractivity contribution in [2.45, 2.75) is 39.0 Å². The van der Waals surface area contributed by atoms with E-state index in [1.165, 1.54) is 15.6 Å². The number of amides is 2. The van der Waals surface area contributed by atoms with Crippen molar-refractivity contribution < 1.29 is 18.0 Å². The van der Waals surface area contributed by atoms with E-state index in [9.17, 15) is 18.0 Å². The zero-order valence-electron chi connectivity index (χ0n) is 16.2. The Hall–Kier alpha value is -1.49. The van der Waals surface area contributed by atoms with Crippen LogP contribution in [0.5, 0.6) is 0 Å². The number of sulfonamides is 1. The smallest absolute Gasteiger partial charge is 0.251 e. The molecule has 8 nitrogen and oxygen atoms in total. The van der Waals surface area contributed by atoms with Crippen LogP contribution >= 0.6 is 11.3 Å². The molecule has 1 saturated heterocycles. The van der Waals surface area contributed by atoms with Crippen LogP contribution in [0.1, 0.15) is 47.0 Å². The highest BCUT2D eigenvalue weighted by Gasteiger charge is 2.27. The van der Waals surface area contributed by atoms with Crippen molar-refractivity contribution in [1.82, 2.24) is 9.21 Å². The molecular weight excluding hydrogens is 400 g/mol. The van der Waals surface area contributed by atoms with Crippen LogP contribution in [0, 0.1) is 0 Å². The molecule has 1 aliphatic heterocycles. The highest BCUT2D eigenvalue weighted by Crippen LogP contribution is 2.37. The molecule has 1 fully saturated rings. The first-order valence-electron chi connectivity index (χ1n) is 9.76. The van der Waals surface area contributed by atoms with Gasteiger partial charge in [0.2, 0.25) is 15.9 Å². The van der Waals surface area contributed by atoms with Crippen LogP contribution in [-0.4, -0.2) is 67.9 Å². The maximum absolute atomic E-state index is 12.4. The van der Waals surface area contributed by atoms with Gasteiger partial charge in [0.1, 0.15) is 5.00 Å². The fourth-order valence-electron chi connectivity index (χ4n) is 3.78. The minimum Gasteiger partial charge on any atom is -0.365 e. The van der Waals surface area contributed by atoms with E-state index in [0.29, 0.717) is 49.7 Å². The standard InChI is InChI=1S/C18H28N4O4S2/c1-2-28(25,26)22-11-9-21(10-12-22)8-7-15(23)20-18-16(17(19)24)13-5-3-4-6-14(13)27-18/h2-12H2,1H3,(H2,19,24)(H,20,23). The molecule has 3 N–H and O–H groups in total. The Balaban J connectivity index is 1.53. The summed E-state index contributed by atoms with van der Waals surface area (Å²) >= 11 is 1.47. The van der Waals surface area contributed by atoms with Gasteiger partial charge in [-0.05, 0) is 38.2 Å². The van der Waals surface area contributed by atoms with Crippen molar-refractivity contribution in [3.63, 3.8) is 0 Å². The lowest BCUT2D eigenvalue weighted by molar-refractivity contribution is -0.116. The Labute approximate surface area is 170 Å². The molecule has 0 bridgehead atoms. The Morgan fingerprint density at radius 2 is 1.82 bits per heavy atom. The van der Waals surface area contributed by atoms with E-state index >= 15 is 0 Å². The lowest BCUT2D eigenvalue weighted by Crippen LogP contribution is -2.49. The number of carbonyl (C=O) groups excluding carboxylic acids is 2. The molecule has 156 valence electrons. The summed E-state index contributed by atoms with van der Waals surface area (Å²) in [6.07, 6.45) is 4.20. The van der Waals surface area contributed by atoms with E-state index in [2.05, 4.69) is 10.2 Å². The molecule has 2 amide bonds. The molecule has 3 rings (SSSR count). The molecule has 28 heavy (non-hydrogen) atoms. The molecule has 10 heteroatoms. The summed E-state index contributed by atoms with van der Waals surface area (Å²) in [6.45, 7) is 4.36. The first kappa shape index (κ1) is 21.2. The van der Waals surface area contributed by atoms with Crippen LogP contribution in [0.25, 0.3) is 0 Å². The molecule has 0 unspecified atom stereocenters. The van der Waals surface area contributed by atoms with E-state index in [-0.39, 0.29) is 11.7 Å². The van der Waals surface area contributed by atoms with Gasteiger partial charge >= 0.3 is 0 Å². The molecular formula is C18H28N4O4S2. The molecule has 0 atom stereocenters. The molecule has 0 saturated carbocycles. The second kappa shape index (κ2) is 8.89. The molecule has 2 heterocycles. The summed E-state index contributed by atoms with van der Waals surface area (Å²) in [7, 11) is -3.15. The second-order valence-corrected chi connectivity index (χ2v) is 10.6. The third-order valence-corrected chi connectivity index (χ3v) is 8.50. The molecule has 1 aromatic rings. The van der Waals surface area contributed by atoms with Gasteiger partial charge in [-0.1, -0.05) is 0 Å². The minimum absolute atomic E-state index is 0.113. The van der Waals surface area contributed by atoms with Gasteiger partial charge in [0.15, 0.2) is 0 Å². The summed E-state index contributed by atoms with van der Waals surface area (Å²) in [4.78, 5) is 27.6. The topological polar surface area (TPSA) is 113 Å². The Morgan fingerprint density at radius 3 is 2.46 bits per heavy atom. The number of piperazine rings is 1. The van der Waals surface area contributed by atoms with Crippen LogP contribution in [0.2, 0.25) is 0 Å². The Morgan fingerprint density at radius 1 is 1.14 bits per heavy atom. The quantitative estimate of drug-likeness (QED) is 0.673. The van der Waals surface area contributed by atoms with Gasteiger partial charge in [-0.15, -0.1) is 11.3 Å². The molecule has 2 aliphatic rings. The van der Waals surface area contributed by atoms with Crippen LogP contribution in [0.15, 0.2) is 0 Å². The van der Waals surface area contributed by atoms with Gasteiger partial charge in [0.05, 0.1) is 11.3 Å². The van der Waals surface area contributed by atoms with E-state index in [1.807, 2.05) is 0 Å². The lowest BCUT2D eigenvalue weighted by atomic mass is 9.95. The van der Waals surface area contributed by atoms with E-state index in [4.69, 9.17) is 5.73 Å². The van der Waals surface area contributed by atoms with Crippen LogP contribution < -0.4 is 11.1 Å². The molecule has 0 radical (unpaired) electrons. The van der Waals surface area contributed by atoms with Crippen molar-refractivity contribution in [1.29, 1.82) is 0 Å². The fraction of sp³-hybridized carbons (Fsp3) is 0.667. The van der Waals surface area contributed by atoms with Gasteiger partial charge in [-0.25, -0.2) is 8.42 Å². The lowest BCUT2D eigenvalue weighted by Gasteiger charge is -2.33. The average Bonchev–Trinajstić information content (AvgIpc) is 3.04. The first-order valence-corrected chi connectivity index (χ1v) is 12.2. The van der Waals surface area contributed by atoms with Gasteiger partial charge < -0.3 is 16.0 Å². The van der Waals surface area contributed by atoms with Crippen molar-refractivity contribution in [2.75, 3.05) is 43.8 Å². The Kier molecular flexibility index (Phi) is 6.74. The molecule has 0 spiro atoms. The predicted molar refractivity (Wildman–Crippen MR) is 110 cm³/mol. The zero-order valence-corrected chi connectivity index (χ0v) is 17.8. The van der Waals surface area contributed by atoms with Crippen molar-refractivity contribution in [3.8, 4) is 0 Å². The molecule has 1 aromatic heterocycles. The first-order chi connectivity index (χ1) is 13.3. The number of nitrogens with two attached hydrogens (primary N) is 1. The maximum atomic E-state index is 12.4. The van der Waals surface area contributed by atoms with E-state index < -0.39 is 15.9 Å². The third-order valence-electron chi connectivity index (χ3n) is 5.42. The zero-order chi connectivity index (χ0) is 20.3. The molecule has 0 aromatic carbocycles. The van der Waals surface area contributed by atoms with E-state index in [0.717, 1.165) is 36.1 Å². The van der Waals surface area contributed by atoms with Crippen molar-refractivity contribution >= 4 is 38.2 Å². The minimum atomic E-state index is -3.15. The summed E-state index contributed by atoms with van der Waals surface area (Å²) in [5.41, 5.74) is 7.05. The number of anilines is 1. The Bertz CT molecular complexity index is 842. The normalized spacial score (nSPS) is 18.6. The predicted octanol–water partition coefficient (Wildman–Crippen LogP) is 1.02. The number of nitrogens with zero attached hydrogens (tertiary/aromatic N) is 2. The monoisotopic (exact) mass is 428 g/mol.